The molecule has 0 aliphatic rings. The average Bonchev–Trinajstić information content (AvgIpc) is 1.88. The lowest BCUT2D eigenvalue weighted by atomic mass is 10.2. The topological polar surface area (TPSA) is 41.5 Å². The van der Waals surface area contributed by atoms with Gasteiger partial charge in [0.05, 0.1) is 6.61 Å². The largest absolute Gasteiger partial charge is 0.396 e. The van der Waals surface area contributed by atoms with E-state index in [4.69, 9.17) is 9.84 Å². The fourth-order valence-corrected chi connectivity index (χ4v) is 0.668. The predicted octanol–water partition coefficient (Wildman–Crippen LogP) is 0.0250. The molecule has 0 unspecified atom stereocenters. The molecule has 1 atom stereocenters. The maximum absolute atomic E-state index is 8.50. The lowest BCUT2D eigenvalue weighted by Gasteiger charge is -2.12. The molecule has 4 heteroatoms. The fraction of sp³-hybridized carbons (Fsp3) is 1.00. The normalized spacial score (nSPS) is 12.3. The van der Waals surface area contributed by atoms with Crippen LogP contribution in [0.4, 0.5) is 0 Å². The maximum atomic E-state index is 8.50. The van der Waals surface area contributed by atoms with Gasteiger partial charge in [0, 0.05) is 19.8 Å². The number of nitrogens with one attached hydrogen (secondary N) is 1. The summed E-state index contributed by atoms with van der Waals surface area (Å²) in [5, 5.41) is 11.5. The van der Waals surface area contributed by atoms with Gasteiger partial charge in [-0.2, -0.15) is 0 Å². The monoisotopic (exact) mass is 169 g/mol. The quantitative estimate of drug-likeness (QED) is 0.610. The second-order valence-electron chi connectivity index (χ2n) is 1.95. The molecule has 0 aromatic carbocycles. The van der Waals surface area contributed by atoms with Gasteiger partial charge >= 0.3 is 0 Å². The van der Waals surface area contributed by atoms with E-state index in [0.29, 0.717) is 12.6 Å². The van der Waals surface area contributed by atoms with Crippen LogP contribution >= 0.6 is 12.4 Å². The standard InChI is InChI=1S/C6H15NO2.ClH/c1-7-6(3-4-8)5-9-2;/h6-8H,3-5H2,1-2H3;1H/t6-;/m0./s1. The van der Waals surface area contributed by atoms with Crippen LogP contribution in [0.5, 0.6) is 0 Å². The van der Waals surface area contributed by atoms with E-state index in [1.807, 2.05) is 7.05 Å². The molecule has 0 aromatic rings. The van der Waals surface area contributed by atoms with E-state index in [0.717, 1.165) is 6.42 Å². The van der Waals surface area contributed by atoms with Crippen molar-refractivity contribution >= 4 is 12.4 Å². The number of halogens is 1. The Morgan fingerprint density at radius 1 is 1.60 bits per heavy atom. The van der Waals surface area contributed by atoms with Gasteiger partial charge in [-0.1, -0.05) is 0 Å². The van der Waals surface area contributed by atoms with Gasteiger partial charge in [0.1, 0.15) is 0 Å². The van der Waals surface area contributed by atoms with E-state index >= 15 is 0 Å². The zero-order valence-corrected chi connectivity index (χ0v) is 7.28. The number of methoxy groups -OCH3 is 1. The van der Waals surface area contributed by atoms with Crippen LogP contribution in [0.3, 0.4) is 0 Å². The van der Waals surface area contributed by atoms with Gasteiger partial charge in [-0.25, -0.2) is 0 Å². The predicted molar refractivity (Wildman–Crippen MR) is 43.7 cm³/mol. The van der Waals surface area contributed by atoms with Crippen LogP contribution in [-0.2, 0) is 4.74 Å². The lowest BCUT2D eigenvalue weighted by molar-refractivity contribution is 0.152. The molecule has 0 aliphatic carbocycles. The first-order valence-corrected chi connectivity index (χ1v) is 3.12. The first kappa shape index (κ1) is 12.8. The number of rotatable bonds is 5. The Morgan fingerprint density at radius 2 is 2.20 bits per heavy atom. The second kappa shape index (κ2) is 9.17. The van der Waals surface area contributed by atoms with Crippen LogP contribution < -0.4 is 5.32 Å². The van der Waals surface area contributed by atoms with Crippen LogP contribution in [0, 0.1) is 0 Å². The SMILES string of the molecule is CN[C@@H](CCO)COC.Cl. The molecular formula is C6H16ClNO2. The Labute approximate surface area is 68.2 Å². The molecule has 0 bridgehead atoms. The van der Waals surface area contributed by atoms with Crippen LogP contribution in [0.25, 0.3) is 0 Å². The molecular weight excluding hydrogens is 154 g/mol. The average molecular weight is 170 g/mol. The summed E-state index contributed by atoms with van der Waals surface area (Å²) in [6.45, 7) is 0.881. The van der Waals surface area contributed by atoms with Gasteiger partial charge in [0.2, 0.25) is 0 Å². The first-order chi connectivity index (χ1) is 4.35. The highest BCUT2D eigenvalue weighted by molar-refractivity contribution is 5.85. The maximum Gasteiger partial charge on any atom is 0.0616 e. The van der Waals surface area contributed by atoms with Crippen molar-refractivity contribution in [2.75, 3.05) is 27.4 Å². The summed E-state index contributed by atoms with van der Waals surface area (Å²) in [5.41, 5.74) is 0. The van der Waals surface area contributed by atoms with Gasteiger partial charge < -0.3 is 15.2 Å². The van der Waals surface area contributed by atoms with Crippen molar-refractivity contribution in [3.05, 3.63) is 0 Å². The molecule has 0 fully saturated rings. The Hall–Kier alpha value is 0.170. The van der Waals surface area contributed by atoms with E-state index < -0.39 is 0 Å². The van der Waals surface area contributed by atoms with E-state index in [1.54, 1.807) is 7.11 Å². The number of aliphatic hydroxyl groups excluding tert-OH is 1. The minimum atomic E-state index is 0. The third-order valence-corrected chi connectivity index (χ3v) is 1.25. The summed E-state index contributed by atoms with van der Waals surface area (Å²) < 4.78 is 4.87. The molecule has 64 valence electrons. The van der Waals surface area contributed by atoms with Gasteiger partial charge in [-0.3, -0.25) is 0 Å². The van der Waals surface area contributed by atoms with Crippen molar-refractivity contribution in [2.24, 2.45) is 0 Å². The van der Waals surface area contributed by atoms with Crippen LogP contribution in [0.1, 0.15) is 6.42 Å². The summed E-state index contributed by atoms with van der Waals surface area (Å²) >= 11 is 0. The molecule has 10 heavy (non-hydrogen) atoms. The smallest absolute Gasteiger partial charge is 0.0616 e. The highest BCUT2D eigenvalue weighted by atomic mass is 35.5. The van der Waals surface area contributed by atoms with E-state index in [9.17, 15) is 0 Å². The molecule has 0 rings (SSSR count). The Kier molecular flexibility index (Phi) is 11.7. The van der Waals surface area contributed by atoms with Crippen molar-refractivity contribution in [2.45, 2.75) is 12.5 Å². The summed E-state index contributed by atoms with van der Waals surface area (Å²) in [4.78, 5) is 0. The third kappa shape index (κ3) is 6.29. The Bertz CT molecular complexity index is 57.7. The minimum Gasteiger partial charge on any atom is -0.396 e. The number of ether oxygens (including phenoxy) is 1. The van der Waals surface area contributed by atoms with Gasteiger partial charge in [0.25, 0.3) is 0 Å². The lowest BCUT2D eigenvalue weighted by Crippen LogP contribution is -2.30. The van der Waals surface area contributed by atoms with Gasteiger partial charge in [0.15, 0.2) is 0 Å². The molecule has 0 heterocycles. The van der Waals surface area contributed by atoms with E-state index in [1.165, 1.54) is 0 Å². The van der Waals surface area contributed by atoms with Gasteiger partial charge in [-0.05, 0) is 13.5 Å². The van der Waals surface area contributed by atoms with Gasteiger partial charge in [-0.15, -0.1) is 12.4 Å². The first-order valence-electron chi connectivity index (χ1n) is 3.12. The van der Waals surface area contributed by atoms with Crippen LogP contribution in [-0.4, -0.2) is 38.5 Å². The van der Waals surface area contributed by atoms with E-state index in [-0.39, 0.29) is 19.0 Å². The number of aliphatic hydroxyl groups is 1. The minimum absolute atomic E-state index is 0. The van der Waals surface area contributed by atoms with Crippen molar-refractivity contribution < 1.29 is 9.84 Å². The molecule has 0 saturated carbocycles. The molecule has 2 N–H and O–H groups in total. The molecule has 0 spiro atoms. The van der Waals surface area contributed by atoms with Crippen LogP contribution in [0.2, 0.25) is 0 Å². The second-order valence-corrected chi connectivity index (χ2v) is 1.95. The molecule has 0 amide bonds. The number of likely N-dealkylation sites (N-methyl/N-ethyl adjacent to an activating group) is 1. The zero-order valence-electron chi connectivity index (χ0n) is 6.46. The van der Waals surface area contributed by atoms with Crippen molar-refractivity contribution in [3.8, 4) is 0 Å². The highest BCUT2D eigenvalue weighted by Gasteiger charge is 2.01. The van der Waals surface area contributed by atoms with E-state index in [2.05, 4.69) is 5.32 Å². The third-order valence-electron chi connectivity index (χ3n) is 1.25. The summed E-state index contributed by atoms with van der Waals surface area (Å²) in [6, 6.07) is 0.292. The Balaban J connectivity index is 0. The zero-order chi connectivity index (χ0) is 7.11. The highest BCUT2D eigenvalue weighted by Crippen LogP contribution is 1.88. The molecule has 0 saturated heterocycles. The Morgan fingerprint density at radius 3 is 2.50 bits per heavy atom. The molecule has 0 aliphatic heterocycles. The number of hydrogen-bond acceptors (Lipinski definition) is 3. The molecule has 0 radical (unpaired) electrons. The fourth-order valence-electron chi connectivity index (χ4n) is 0.668. The van der Waals surface area contributed by atoms with Crippen molar-refractivity contribution in [1.29, 1.82) is 0 Å². The van der Waals surface area contributed by atoms with Crippen molar-refractivity contribution in [3.63, 3.8) is 0 Å². The summed E-state index contributed by atoms with van der Waals surface area (Å²) in [5.74, 6) is 0. The number of hydrogen-bond donors (Lipinski definition) is 2. The summed E-state index contributed by atoms with van der Waals surface area (Å²) in [6.07, 6.45) is 0.754. The molecule has 3 nitrogen and oxygen atoms in total. The molecule has 0 aromatic heterocycles. The van der Waals surface area contributed by atoms with Crippen LogP contribution in [0.15, 0.2) is 0 Å². The summed E-state index contributed by atoms with van der Waals surface area (Å²) in [7, 11) is 3.51. The van der Waals surface area contributed by atoms with Crippen molar-refractivity contribution in [1.82, 2.24) is 5.32 Å².